The minimum atomic E-state index is -0.300. The lowest BCUT2D eigenvalue weighted by molar-refractivity contribution is 0.305. The van der Waals surface area contributed by atoms with Gasteiger partial charge in [-0.2, -0.15) is 0 Å². The third-order valence-corrected chi connectivity index (χ3v) is 3.00. The van der Waals surface area contributed by atoms with Crippen molar-refractivity contribution < 1.29 is 9.13 Å². The topological polar surface area (TPSA) is 72.0 Å². The minimum absolute atomic E-state index is 0.00414. The highest BCUT2D eigenvalue weighted by Gasteiger charge is 2.05. The average molecular weight is 251 g/mol. The molecule has 0 atom stereocenters. The summed E-state index contributed by atoms with van der Waals surface area (Å²) in [7, 11) is 0. The maximum absolute atomic E-state index is 12.6. The number of benzene rings is 1. The molecule has 17 heavy (non-hydrogen) atoms. The van der Waals surface area contributed by atoms with Crippen LogP contribution in [-0.4, -0.2) is 10.8 Å². The highest BCUT2D eigenvalue weighted by molar-refractivity contribution is 7.13. The van der Waals surface area contributed by atoms with Crippen molar-refractivity contribution in [3.63, 3.8) is 0 Å². The van der Waals surface area contributed by atoms with E-state index >= 15 is 0 Å². The van der Waals surface area contributed by atoms with Gasteiger partial charge in [0, 0.05) is 6.20 Å². The van der Waals surface area contributed by atoms with Crippen molar-refractivity contribution in [2.45, 2.75) is 6.61 Å². The molecule has 0 aliphatic carbocycles. The molecule has 1 aromatic carbocycles. The molecular formula is C11H10FN3OS. The molecule has 0 radical (unpaired) electrons. The summed E-state index contributed by atoms with van der Waals surface area (Å²) in [6, 6.07) is 5.76. The van der Waals surface area contributed by atoms with E-state index in [1.807, 2.05) is 0 Å². The first-order valence-corrected chi connectivity index (χ1v) is 5.64. The standard InChI is InChI=1S/C11H10FN3OS/c12-7-1-3-8(4-2-7)16-6-10-15-5-9(17-10)11(13)14/h1-5H,6H2,(H3,13,14). The lowest BCUT2D eigenvalue weighted by Crippen LogP contribution is -2.08. The summed E-state index contributed by atoms with van der Waals surface area (Å²) >= 11 is 1.30. The number of thiazole rings is 1. The van der Waals surface area contributed by atoms with E-state index in [1.165, 1.54) is 29.7 Å². The van der Waals surface area contributed by atoms with Gasteiger partial charge in [0.25, 0.3) is 0 Å². The molecule has 6 heteroatoms. The molecule has 0 aliphatic heterocycles. The number of nitrogens with one attached hydrogen (secondary N) is 1. The number of hydrogen-bond donors (Lipinski definition) is 2. The summed E-state index contributed by atoms with van der Waals surface area (Å²) in [6.45, 7) is 0.281. The van der Waals surface area contributed by atoms with Gasteiger partial charge in [0.1, 0.15) is 29.0 Å². The van der Waals surface area contributed by atoms with Gasteiger partial charge < -0.3 is 10.5 Å². The van der Waals surface area contributed by atoms with Gasteiger partial charge in [0.05, 0.1) is 4.88 Å². The molecule has 0 unspecified atom stereocenters. The van der Waals surface area contributed by atoms with Gasteiger partial charge in [-0.15, -0.1) is 11.3 Å². The van der Waals surface area contributed by atoms with Crippen LogP contribution in [0.2, 0.25) is 0 Å². The van der Waals surface area contributed by atoms with Crippen LogP contribution in [0.1, 0.15) is 9.88 Å². The molecule has 0 fully saturated rings. The largest absolute Gasteiger partial charge is 0.486 e. The van der Waals surface area contributed by atoms with Crippen molar-refractivity contribution in [3.05, 3.63) is 46.2 Å². The fourth-order valence-corrected chi connectivity index (χ4v) is 1.87. The molecule has 88 valence electrons. The first kappa shape index (κ1) is 11.5. The van der Waals surface area contributed by atoms with Crippen LogP contribution >= 0.6 is 11.3 Å². The minimum Gasteiger partial charge on any atom is -0.486 e. The molecule has 0 saturated heterocycles. The summed E-state index contributed by atoms with van der Waals surface area (Å²) in [5, 5.41) is 7.96. The predicted molar refractivity (Wildman–Crippen MR) is 63.9 cm³/mol. The Morgan fingerprint density at radius 3 is 2.71 bits per heavy atom. The summed E-state index contributed by atoms with van der Waals surface area (Å²) < 4.78 is 18.0. The number of amidine groups is 1. The van der Waals surface area contributed by atoms with E-state index in [0.29, 0.717) is 10.6 Å². The quantitative estimate of drug-likeness (QED) is 0.646. The monoisotopic (exact) mass is 251 g/mol. The van der Waals surface area contributed by atoms with E-state index in [4.69, 9.17) is 15.9 Å². The second-order valence-electron chi connectivity index (χ2n) is 3.27. The van der Waals surface area contributed by atoms with Crippen molar-refractivity contribution in [2.75, 3.05) is 0 Å². The fraction of sp³-hybridized carbons (Fsp3) is 0.0909. The molecule has 3 N–H and O–H groups in total. The Bertz CT molecular complexity index is 524. The predicted octanol–water partition coefficient (Wildman–Crippen LogP) is 2.15. The van der Waals surface area contributed by atoms with Crippen LogP contribution in [0.5, 0.6) is 5.75 Å². The Morgan fingerprint density at radius 2 is 2.12 bits per heavy atom. The van der Waals surface area contributed by atoms with Crippen molar-refractivity contribution in [1.82, 2.24) is 4.98 Å². The van der Waals surface area contributed by atoms with Gasteiger partial charge in [-0.25, -0.2) is 9.37 Å². The second-order valence-corrected chi connectivity index (χ2v) is 4.39. The number of aromatic nitrogens is 1. The summed E-state index contributed by atoms with van der Waals surface area (Å²) in [6.07, 6.45) is 1.54. The maximum atomic E-state index is 12.6. The smallest absolute Gasteiger partial charge is 0.140 e. The van der Waals surface area contributed by atoms with E-state index in [1.54, 1.807) is 12.1 Å². The third-order valence-electron chi connectivity index (χ3n) is 1.99. The summed E-state index contributed by atoms with van der Waals surface area (Å²) in [5.74, 6) is 0.270. The van der Waals surface area contributed by atoms with Gasteiger partial charge in [-0.05, 0) is 24.3 Å². The van der Waals surface area contributed by atoms with Gasteiger partial charge >= 0.3 is 0 Å². The normalized spacial score (nSPS) is 10.2. The number of hydrogen-bond acceptors (Lipinski definition) is 4. The molecule has 2 aromatic rings. The third kappa shape index (κ3) is 3.01. The Labute approximate surface area is 101 Å². The first-order chi connectivity index (χ1) is 8.15. The van der Waals surface area contributed by atoms with Gasteiger partial charge in [-0.1, -0.05) is 0 Å². The Hall–Kier alpha value is -1.95. The number of halogens is 1. The maximum Gasteiger partial charge on any atom is 0.140 e. The van der Waals surface area contributed by atoms with Gasteiger partial charge in [-0.3, -0.25) is 5.41 Å². The first-order valence-electron chi connectivity index (χ1n) is 4.82. The number of nitrogen functional groups attached to an aromatic ring is 1. The van der Waals surface area contributed by atoms with Crippen LogP contribution in [0.3, 0.4) is 0 Å². The molecule has 1 aromatic heterocycles. The second kappa shape index (κ2) is 4.92. The summed E-state index contributed by atoms with van der Waals surface area (Å²) in [4.78, 5) is 4.68. The molecule has 0 bridgehead atoms. The van der Waals surface area contributed by atoms with Crippen LogP contribution in [0.15, 0.2) is 30.5 Å². The highest BCUT2D eigenvalue weighted by Crippen LogP contribution is 2.16. The van der Waals surface area contributed by atoms with Crippen LogP contribution in [0.25, 0.3) is 0 Å². The van der Waals surface area contributed by atoms with Crippen molar-refractivity contribution in [2.24, 2.45) is 5.73 Å². The van der Waals surface area contributed by atoms with Gasteiger partial charge in [0.2, 0.25) is 0 Å². The number of nitrogens with zero attached hydrogens (tertiary/aromatic N) is 1. The van der Waals surface area contributed by atoms with Crippen LogP contribution in [-0.2, 0) is 6.61 Å². The molecule has 0 spiro atoms. The number of rotatable bonds is 4. The molecule has 4 nitrogen and oxygen atoms in total. The molecule has 2 rings (SSSR count). The van der Waals surface area contributed by atoms with E-state index in [9.17, 15) is 4.39 Å². The van der Waals surface area contributed by atoms with E-state index < -0.39 is 0 Å². The summed E-state index contributed by atoms with van der Waals surface area (Å²) in [5.41, 5.74) is 5.32. The zero-order valence-corrected chi connectivity index (χ0v) is 9.63. The van der Waals surface area contributed by atoms with E-state index in [-0.39, 0.29) is 18.3 Å². The van der Waals surface area contributed by atoms with Crippen molar-refractivity contribution in [3.8, 4) is 5.75 Å². The Morgan fingerprint density at radius 1 is 1.41 bits per heavy atom. The average Bonchev–Trinajstić information content (AvgIpc) is 2.77. The molecule has 1 heterocycles. The highest BCUT2D eigenvalue weighted by atomic mass is 32.1. The van der Waals surface area contributed by atoms with E-state index in [0.717, 1.165) is 5.01 Å². The Balaban J connectivity index is 1.97. The lowest BCUT2D eigenvalue weighted by atomic mass is 10.3. The number of ether oxygens (including phenoxy) is 1. The van der Waals surface area contributed by atoms with Crippen LogP contribution in [0.4, 0.5) is 4.39 Å². The van der Waals surface area contributed by atoms with Crippen LogP contribution in [0, 0.1) is 11.2 Å². The molecular weight excluding hydrogens is 241 g/mol. The van der Waals surface area contributed by atoms with Crippen LogP contribution < -0.4 is 10.5 Å². The zero-order chi connectivity index (χ0) is 12.3. The SMILES string of the molecule is N=C(N)c1cnc(COc2ccc(F)cc2)s1. The zero-order valence-electron chi connectivity index (χ0n) is 8.81. The molecule has 0 aliphatic rings. The lowest BCUT2D eigenvalue weighted by Gasteiger charge is -2.02. The van der Waals surface area contributed by atoms with Crippen molar-refractivity contribution in [1.29, 1.82) is 5.41 Å². The van der Waals surface area contributed by atoms with E-state index in [2.05, 4.69) is 4.98 Å². The molecule has 0 saturated carbocycles. The number of nitrogens with two attached hydrogens (primary N) is 1. The Kier molecular flexibility index (Phi) is 3.34. The van der Waals surface area contributed by atoms with Gasteiger partial charge in [0.15, 0.2) is 0 Å². The fourth-order valence-electron chi connectivity index (χ4n) is 1.18. The van der Waals surface area contributed by atoms with Crippen molar-refractivity contribution >= 4 is 17.2 Å². The molecule has 0 amide bonds.